The summed E-state index contributed by atoms with van der Waals surface area (Å²) in [6, 6.07) is 10.00. The lowest BCUT2D eigenvalue weighted by atomic mass is 10.1. The Hall–Kier alpha value is -1.35. The van der Waals surface area contributed by atoms with Gasteiger partial charge in [-0.05, 0) is 5.56 Å². The fraction of sp³-hybridized carbons (Fsp3) is 0.417. The SMILES string of the molecule is CC(=O)O[C@H]1CO[C@@H](c2ccccc2)C1. The number of esters is 1. The Labute approximate surface area is 89.0 Å². The van der Waals surface area contributed by atoms with E-state index in [1.807, 2.05) is 30.3 Å². The monoisotopic (exact) mass is 206 g/mol. The molecule has 0 bridgehead atoms. The quantitative estimate of drug-likeness (QED) is 0.695. The van der Waals surface area contributed by atoms with E-state index in [-0.39, 0.29) is 18.2 Å². The van der Waals surface area contributed by atoms with Crippen LogP contribution in [0.5, 0.6) is 0 Å². The molecule has 1 heterocycles. The first kappa shape index (κ1) is 10.2. The van der Waals surface area contributed by atoms with Gasteiger partial charge in [0.15, 0.2) is 0 Å². The summed E-state index contributed by atoms with van der Waals surface area (Å²) in [4.78, 5) is 10.8. The molecule has 1 aromatic carbocycles. The third-order valence-corrected chi connectivity index (χ3v) is 2.46. The van der Waals surface area contributed by atoms with E-state index in [1.165, 1.54) is 6.92 Å². The topological polar surface area (TPSA) is 35.5 Å². The van der Waals surface area contributed by atoms with Crippen molar-refractivity contribution in [1.29, 1.82) is 0 Å². The fourth-order valence-corrected chi connectivity index (χ4v) is 1.82. The van der Waals surface area contributed by atoms with Crippen molar-refractivity contribution < 1.29 is 14.3 Å². The Kier molecular flexibility index (Phi) is 3.02. The molecule has 1 aliphatic heterocycles. The molecule has 80 valence electrons. The Morgan fingerprint density at radius 3 is 2.80 bits per heavy atom. The average Bonchev–Trinajstić information content (AvgIpc) is 2.67. The lowest BCUT2D eigenvalue weighted by Gasteiger charge is -2.09. The molecule has 0 spiro atoms. The molecule has 0 unspecified atom stereocenters. The van der Waals surface area contributed by atoms with Crippen molar-refractivity contribution in [3.8, 4) is 0 Å². The van der Waals surface area contributed by atoms with Crippen LogP contribution in [0.2, 0.25) is 0 Å². The van der Waals surface area contributed by atoms with Gasteiger partial charge < -0.3 is 9.47 Å². The second-order valence-corrected chi connectivity index (χ2v) is 3.70. The summed E-state index contributed by atoms with van der Waals surface area (Å²) in [5.41, 5.74) is 1.15. The first-order chi connectivity index (χ1) is 7.25. The molecule has 0 amide bonds. The number of hydrogen-bond acceptors (Lipinski definition) is 3. The number of rotatable bonds is 2. The lowest BCUT2D eigenvalue weighted by Crippen LogP contribution is -2.15. The van der Waals surface area contributed by atoms with Crippen LogP contribution in [0, 0.1) is 0 Å². The molecule has 1 saturated heterocycles. The van der Waals surface area contributed by atoms with E-state index in [9.17, 15) is 4.79 Å². The molecule has 3 heteroatoms. The Morgan fingerprint density at radius 2 is 2.13 bits per heavy atom. The van der Waals surface area contributed by atoms with Gasteiger partial charge in [0.25, 0.3) is 0 Å². The number of ether oxygens (including phenoxy) is 2. The van der Waals surface area contributed by atoms with Gasteiger partial charge in [-0.3, -0.25) is 4.79 Å². The number of hydrogen-bond donors (Lipinski definition) is 0. The second kappa shape index (κ2) is 4.45. The first-order valence-corrected chi connectivity index (χ1v) is 5.09. The minimum absolute atomic E-state index is 0.0653. The van der Waals surface area contributed by atoms with Gasteiger partial charge in [-0.15, -0.1) is 0 Å². The molecule has 0 radical (unpaired) electrons. The molecule has 1 aromatic rings. The minimum Gasteiger partial charge on any atom is -0.460 e. The average molecular weight is 206 g/mol. The van der Waals surface area contributed by atoms with Crippen molar-refractivity contribution >= 4 is 5.97 Å². The van der Waals surface area contributed by atoms with E-state index in [0.717, 1.165) is 12.0 Å². The predicted molar refractivity (Wildman–Crippen MR) is 55.3 cm³/mol. The van der Waals surface area contributed by atoms with Crippen LogP contribution in [0.1, 0.15) is 25.0 Å². The number of carbonyl (C=O) groups excluding carboxylic acids is 1. The van der Waals surface area contributed by atoms with Crippen LogP contribution in [0.25, 0.3) is 0 Å². The van der Waals surface area contributed by atoms with Crippen molar-refractivity contribution in [1.82, 2.24) is 0 Å². The Bertz CT molecular complexity index is 334. The summed E-state index contributed by atoms with van der Waals surface area (Å²) in [5.74, 6) is -0.239. The summed E-state index contributed by atoms with van der Waals surface area (Å²) in [6.07, 6.45) is 0.729. The van der Waals surface area contributed by atoms with Crippen molar-refractivity contribution in [2.75, 3.05) is 6.61 Å². The number of benzene rings is 1. The van der Waals surface area contributed by atoms with Crippen LogP contribution < -0.4 is 0 Å². The highest BCUT2D eigenvalue weighted by atomic mass is 16.6. The van der Waals surface area contributed by atoms with E-state index >= 15 is 0 Å². The molecule has 0 N–H and O–H groups in total. The van der Waals surface area contributed by atoms with Crippen molar-refractivity contribution in [3.63, 3.8) is 0 Å². The van der Waals surface area contributed by atoms with Crippen LogP contribution >= 0.6 is 0 Å². The molecule has 3 nitrogen and oxygen atoms in total. The van der Waals surface area contributed by atoms with Crippen LogP contribution in [0.3, 0.4) is 0 Å². The summed E-state index contributed by atoms with van der Waals surface area (Å²) < 4.78 is 10.7. The molecule has 0 saturated carbocycles. The molecule has 15 heavy (non-hydrogen) atoms. The zero-order valence-electron chi connectivity index (χ0n) is 8.68. The molecule has 2 atom stereocenters. The maximum atomic E-state index is 10.8. The molecule has 1 fully saturated rings. The van der Waals surface area contributed by atoms with E-state index in [2.05, 4.69) is 0 Å². The van der Waals surface area contributed by atoms with Crippen LogP contribution in [0.4, 0.5) is 0 Å². The zero-order valence-corrected chi connectivity index (χ0v) is 8.68. The van der Waals surface area contributed by atoms with E-state index in [4.69, 9.17) is 9.47 Å². The van der Waals surface area contributed by atoms with Gasteiger partial charge in [0.05, 0.1) is 12.7 Å². The van der Waals surface area contributed by atoms with Crippen LogP contribution in [-0.2, 0) is 14.3 Å². The molecule has 2 rings (SSSR count). The molecule has 0 aliphatic carbocycles. The highest BCUT2D eigenvalue weighted by Gasteiger charge is 2.28. The summed E-state index contributed by atoms with van der Waals surface area (Å²) in [7, 11) is 0. The summed E-state index contributed by atoms with van der Waals surface area (Å²) in [6.45, 7) is 1.93. The standard InChI is InChI=1S/C12H14O3/c1-9(13)15-11-7-12(14-8-11)10-5-3-2-4-6-10/h2-6,11-12H,7-8H2,1H3/t11-,12-/m1/s1. The Balaban J connectivity index is 1.96. The van der Waals surface area contributed by atoms with Gasteiger partial charge in [-0.1, -0.05) is 30.3 Å². The smallest absolute Gasteiger partial charge is 0.302 e. The van der Waals surface area contributed by atoms with Gasteiger partial charge >= 0.3 is 5.97 Å². The zero-order chi connectivity index (χ0) is 10.7. The highest BCUT2D eigenvalue weighted by Crippen LogP contribution is 2.29. The third kappa shape index (κ3) is 2.57. The Morgan fingerprint density at radius 1 is 1.40 bits per heavy atom. The largest absolute Gasteiger partial charge is 0.460 e. The predicted octanol–water partition coefficient (Wildman–Crippen LogP) is 2.08. The second-order valence-electron chi connectivity index (χ2n) is 3.70. The molecule has 1 aliphatic rings. The minimum atomic E-state index is -0.239. The number of carbonyl (C=O) groups is 1. The maximum Gasteiger partial charge on any atom is 0.302 e. The van der Waals surface area contributed by atoms with E-state index in [1.54, 1.807) is 0 Å². The van der Waals surface area contributed by atoms with E-state index < -0.39 is 0 Å². The third-order valence-electron chi connectivity index (χ3n) is 2.46. The normalized spacial score (nSPS) is 25.1. The van der Waals surface area contributed by atoms with Crippen molar-refractivity contribution in [2.45, 2.75) is 25.6 Å². The molecule has 0 aromatic heterocycles. The van der Waals surface area contributed by atoms with Gasteiger partial charge in [0.1, 0.15) is 6.10 Å². The van der Waals surface area contributed by atoms with Crippen LogP contribution in [0.15, 0.2) is 30.3 Å². The first-order valence-electron chi connectivity index (χ1n) is 5.09. The van der Waals surface area contributed by atoms with E-state index in [0.29, 0.717) is 6.61 Å². The van der Waals surface area contributed by atoms with Gasteiger partial charge in [-0.2, -0.15) is 0 Å². The van der Waals surface area contributed by atoms with Crippen LogP contribution in [-0.4, -0.2) is 18.7 Å². The van der Waals surface area contributed by atoms with Gasteiger partial charge in [0, 0.05) is 13.3 Å². The fourth-order valence-electron chi connectivity index (χ4n) is 1.82. The van der Waals surface area contributed by atoms with Crippen molar-refractivity contribution in [2.24, 2.45) is 0 Å². The molecular formula is C12H14O3. The highest BCUT2D eigenvalue weighted by molar-refractivity contribution is 5.66. The van der Waals surface area contributed by atoms with Gasteiger partial charge in [-0.25, -0.2) is 0 Å². The summed E-state index contributed by atoms with van der Waals surface area (Å²) in [5, 5.41) is 0. The lowest BCUT2D eigenvalue weighted by molar-refractivity contribution is -0.146. The molecular weight excluding hydrogens is 192 g/mol. The maximum absolute atomic E-state index is 10.8. The van der Waals surface area contributed by atoms with Crippen molar-refractivity contribution in [3.05, 3.63) is 35.9 Å². The summed E-state index contributed by atoms with van der Waals surface area (Å²) >= 11 is 0. The van der Waals surface area contributed by atoms with Gasteiger partial charge in [0.2, 0.25) is 0 Å².